The lowest BCUT2D eigenvalue weighted by molar-refractivity contribution is 0.00752. The molecule has 1 aromatic heterocycles. The third-order valence-corrected chi connectivity index (χ3v) is 5.25. The van der Waals surface area contributed by atoms with Gasteiger partial charge in [0.2, 0.25) is 0 Å². The number of aromatic nitrogens is 3. The summed E-state index contributed by atoms with van der Waals surface area (Å²) in [4.78, 5) is 10.9. The van der Waals surface area contributed by atoms with Gasteiger partial charge >= 0.3 is 0 Å². The maximum absolute atomic E-state index is 5.50. The summed E-state index contributed by atoms with van der Waals surface area (Å²) >= 11 is 0. The quantitative estimate of drug-likeness (QED) is 0.515. The lowest BCUT2D eigenvalue weighted by atomic mass is 10.0. The van der Waals surface area contributed by atoms with E-state index in [1.54, 1.807) is 12.7 Å². The Morgan fingerprint density at radius 1 is 1.21 bits per heavy atom. The van der Waals surface area contributed by atoms with E-state index < -0.39 is 0 Å². The van der Waals surface area contributed by atoms with Gasteiger partial charge in [-0.25, -0.2) is 9.67 Å². The number of hydrogen-bond donors (Lipinski definition) is 2. The number of benzene rings is 1. The smallest absolute Gasteiger partial charge is 0.191 e. The number of hydrogen-bond acceptors (Lipinski definition) is 5. The molecule has 1 saturated heterocycles. The van der Waals surface area contributed by atoms with Gasteiger partial charge in [0, 0.05) is 39.3 Å². The first kappa shape index (κ1) is 21.3. The van der Waals surface area contributed by atoms with E-state index >= 15 is 0 Å². The molecule has 0 amide bonds. The van der Waals surface area contributed by atoms with Crippen molar-refractivity contribution in [1.29, 1.82) is 0 Å². The molecule has 0 aliphatic carbocycles. The van der Waals surface area contributed by atoms with Crippen LogP contribution in [0.5, 0.6) is 0 Å². The second kappa shape index (κ2) is 10.9. The first-order chi connectivity index (χ1) is 14.2. The van der Waals surface area contributed by atoms with E-state index in [1.807, 2.05) is 11.7 Å². The van der Waals surface area contributed by atoms with Crippen LogP contribution in [0.1, 0.15) is 25.0 Å². The highest BCUT2D eigenvalue weighted by molar-refractivity contribution is 5.79. The highest BCUT2D eigenvalue weighted by Gasteiger charge is 2.23. The summed E-state index contributed by atoms with van der Waals surface area (Å²) in [7, 11) is 1.82. The normalized spacial score (nSPS) is 16.8. The van der Waals surface area contributed by atoms with Crippen molar-refractivity contribution >= 4 is 5.96 Å². The third-order valence-electron chi connectivity index (χ3n) is 5.25. The first-order valence-electron chi connectivity index (χ1n) is 10.3. The first-order valence-corrected chi connectivity index (χ1v) is 10.3. The molecule has 1 atom stereocenters. The molecule has 2 N–H and O–H groups in total. The minimum Gasteiger partial charge on any atom is -0.379 e. The van der Waals surface area contributed by atoms with Crippen LogP contribution in [-0.4, -0.2) is 71.6 Å². The SMILES string of the molecule is CN=C(NCc1cccc(Cn2cncn2)c1)NCC(C(C)C)N1CCOCC1. The van der Waals surface area contributed by atoms with Crippen LogP contribution in [0.2, 0.25) is 0 Å². The van der Waals surface area contributed by atoms with Gasteiger partial charge in [0.25, 0.3) is 0 Å². The van der Waals surface area contributed by atoms with Crippen LogP contribution < -0.4 is 10.6 Å². The molecule has 158 valence electrons. The minimum absolute atomic E-state index is 0.462. The summed E-state index contributed by atoms with van der Waals surface area (Å²) < 4.78 is 7.32. The van der Waals surface area contributed by atoms with Gasteiger partial charge in [-0.2, -0.15) is 5.10 Å². The number of nitrogens with zero attached hydrogens (tertiary/aromatic N) is 5. The third kappa shape index (κ3) is 6.54. The van der Waals surface area contributed by atoms with Crippen LogP contribution in [0.25, 0.3) is 0 Å². The Bertz CT molecular complexity index is 754. The zero-order valence-corrected chi connectivity index (χ0v) is 17.7. The molecule has 2 aromatic rings. The fraction of sp³-hybridized carbons (Fsp3) is 0.571. The van der Waals surface area contributed by atoms with Crippen molar-refractivity contribution in [3.8, 4) is 0 Å². The molecule has 1 aliphatic rings. The zero-order chi connectivity index (χ0) is 20.5. The lowest BCUT2D eigenvalue weighted by Crippen LogP contribution is -2.52. The average Bonchev–Trinajstić information content (AvgIpc) is 3.24. The van der Waals surface area contributed by atoms with E-state index in [-0.39, 0.29) is 0 Å². The molecule has 0 radical (unpaired) electrons. The average molecular weight is 400 g/mol. The van der Waals surface area contributed by atoms with Crippen LogP contribution in [0.4, 0.5) is 0 Å². The summed E-state index contributed by atoms with van der Waals surface area (Å²) in [6.07, 6.45) is 3.29. The van der Waals surface area contributed by atoms with Gasteiger partial charge in [-0.3, -0.25) is 9.89 Å². The number of morpholine rings is 1. The van der Waals surface area contributed by atoms with Crippen molar-refractivity contribution in [2.24, 2.45) is 10.9 Å². The minimum atomic E-state index is 0.462. The molecule has 1 fully saturated rings. The summed E-state index contributed by atoms with van der Waals surface area (Å²) in [5, 5.41) is 11.1. The summed E-state index contributed by atoms with van der Waals surface area (Å²) in [5.41, 5.74) is 2.41. The molecule has 1 aromatic carbocycles. The van der Waals surface area contributed by atoms with Crippen molar-refractivity contribution in [3.63, 3.8) is 0 Å². The molecule has 0 spiro atoms. The van der Waals surface area contributed by atoms with Crippen molar-refractivity contribution in [3.05, 3.63) is 48.0 Å². The van der Waals surface area contributed by atoms with Gasteiger partial charge in [-0.1, -0.05) is 38.1 Å². The second-order valence-corrected chi connectivity index (χ2v) is 7.68. The second-order valence-electron chi connectivity index (χ2n) is 7.68. The van der Waals surface area contributed by atoms with E-state index in [1.165, 1.54) is 11.1 Å². The number of guanidine groups is 1. The zero-order valence-electron chi connectivity index (χ0n) is 17.7. The van der Waals surface area contributed by atoms with Crippen LogP contribution in [0.3, 0.4) is 0 Å². The number of aliphatic imine (C=N–C) groups is 1. The molecular weight excluding hydrogens is 366 g/mol. The Labute approximate surface area is 173 Å². The summed E-state index contributed by atoms with van der Waals surface area (Å²) in [6.45, 7) is 10.5. The number of ether oxygens (including phenoxy) is 1. The van der Waals surface area contributed by atoms with Gasteiger partial charge in [-0.15, -0.1) is 0 Å². The van der Waals surface area contributed by atoms with Gasteiger partial charge in [-0.05, 0) is 17.0 Å². The molecule has 8 nitrogen and oxygen atoms in total. The van der Waals surface area contributed by atoms with Crippen molar-refractivity contribution < 1.29 is 4.74 Å². The van der Waals surface area contributed by atoms with Gasteiger partial charge in [0.05, 0.1) is 19.8 Å². The van der Waals surface area contributed by atoms with E-state index in [0.29, 0.717) is 12.0 Å². The van der Waals surface area contributed by atoms with Crippen LogP contribution in [0.15, 0.2) is 41.9 Å². The van der Waals surface area contributed by atoms with Crippen LogP contribution >= 0.6 is 0 Å². The van der Waals surface area contributed by atoms with Gasteiger partial charge < -0.3 is 15.4 Å². The van der Waals surface area contributed by atoms with Crippen molar-refractivity contribution in [2.45, 2.75) is 33.0 Å². The number of nitrogens with one attached hydrogen (secondary N) is 2. The van der Waals surface area contributed by atoms with E-state index in [2.05, 4.69) is 68.7 Å². The van der Waals surface area contributed by atoms with Crippen LogP contribution in [-0.2, 0) is 17.8 Å². The highest BCUT2D eigenvalue weighted by atomic mass is 16.5. The predicted molar refractivity (Wildman–Crippen MR) is 115 cm³/mol. The molecule has 2 heterocycles. The topological polar surface area (TPSA) is 79.6 Å². The lowest BCUT2D eigenvalue weighted by Gasteiger charge is -2.37. The molecule has 8 heteroatoms. The highest BCUT2D eigenvalue weighted by Crippen LogP contribution is 2.12. The Morgan fingerprint density at radius 2 is 2.00 bits per heavy atom. The fourth-order valence-corrected chi connectivity index (χ4v) is 3.64. The van der Waals surface area contributed by atoms with E-state index in [9.17, 15) is 0 Å². The largest absolute Gasteiger partial charge is 0.379 e. The molecule has 1 unspecified atom stereocenters. The summed E-state index contributed by atoms with van der Waals surface area (Å²) in [5.74, 6) is 1.39. The van der Waals surface area contributed by atoms with E-state index in [0.717, 1.165) is 51.9 Å². The van der Waals surface area contributed by atoms with Gasteiger partial charge in [0.15, 0.2) is 5.96 Å². The molecular formula is C21H33N7O. The molecule has 0 bridgehead atoms. The predicted octanol–water partition coefficient (Wildman–Crippen LogP) is 1.35. The van der Waals surface area contributed by atoms with Crippen LogP contribution in [0, 0.1) is 5.92 Å². The van der Waals surface area contributed by atoms with Crippen molar-refractivity contribution in [2.75, 3.05) is 39.9 Å². The number of rotatable bonds is 8. The Kier molecular flexibility index (Phi) is 8.01. The molecule has 3 rings (SSSR count). The molecule has 0 saturated carbocycles. The summed E-state index contributed by atoms with van der Waals surface area (Å²) in [6, 6.07) is 8.95. The van der Waals surface area contributed by atoms with E-state index in [4.69, 9.17) is 4.74 Å². The molecule has 29 heavy (non-hydrogen) atoms. The Balaban J connectivity index is 1.51. The maximum atomic E-state index is 5.50. The Hall–Kier alpha value is -2.45. The van der Waals surface area contributed by atoms with Crippen molar-refractivity contribution in [1.82, 2.24) is 30.3 Å². The standard InChI is InChI=1S/C21H33N7O/c1-17(2)20(27-7-9-29-10-8-27)13-25-21(22-3)24-12-18-5-4-6-19(11-18)14-28-16-23-15-26-28/h4-6,11,15-17,20H,7-10,12-14H2,1-3H3,(H2,22,24,25). The van der Waals surface area contributed by atoms with Gasteiger partial charge in [0.1, 0.15) is 12.7 Å². The maximum Gasteiger partial charge on any atom is 0.191 e. The monoisotopic (exact) mass is 399 g/mol. The molecule has 1 aliphatic heterocycles. The Morgan fingerprint density at radius 3 is 2.69 bits per heavy atom. The fourth-order valence-electron chi connectivity index (χ4n) is 3.64.